The number of benzene rings is 1. The molecular formula is C16H19NO4. The molecule has 112 valence electrons. The molecule has 0 unspecified atom stereocenters. The number of hydrogen-bond donors (Lipinski definition) is 1. The SMILES string of the molecule is C=C[C@@H](C(=O)N1C(=O)OC[C@H]1Cc1ccccc1)[C@H](C)O. The molecule has 1 heterocycles. The van der Waals surface area contributed by atoms with Gasteiger partial charge in [0.1, 0.15) is 6.61 Å². The van der Waals surface area contributed by atoms with Gasteiger partial charge in [-0.1, -0.05) is 36.4 Å². The number of hydrogen-bond acceptors (Lipinski definition) is 4. The molecule has 0 aromatic heterocycles. The first kappa shape index (κ1) is 15.3. The molecule has 0 saturated carbocycles. The van der Waals surface area contributed by atoms with Gasteiger partial charge in [-0.3, -0.25) is 4.79 Å². The molecule has 0 spiro atoms. The number of aliphatic hydroxyl groups is 1. The molecule has 2 rings (SSSR count). The van der Waals surface area contributed by atoms with Gasteiger partial charge in [0.15, 0.2) is 0 Å². The number of aliphatic hydroxyl groups excluding tert-OH is 1. The van der Waals surface area contributed by atoms with E-state index in [1.54, 1.807) is 0 Å². The fraction of sp³-hybridized carbons (Fsp3) is 0.375. The van der Waals surface area contributed by atoms with E-state index in [1.165, 1.54) is 13.0 Å². The van der Waals surface area contributed by atoms with Crippen LogP contribution >= 0.6 is 0 Å². The van der Waals surface area contributed by atoms with Gasteiger partial charge in [0, 0.05) is 0 Å². The van der Waals surface area contributed by atoms with Crippen molar-refractivity contribution in [1.29, 1.82) is 0 Å². The lowest BCUT2D eigenvalue weighted by Crippen LogP contribution is -2.45. The second-order valence-corrected chi connectivity index (χ2v) is 5.13. The standard InChI is InChI=1S/C16H19NO4/c1-3-14(11(2)18)15(19)17-13(10-21-16(17)20)9-12-7-5-4-6-8-12/h3-8,11,13-14,18H,1,9-10H2,2H3/t11-,13+,14+/m0/s1. The predicted molar refractivity (Wildman–Crippen MR) is 77.5 cm³/mol. The van der Waals surface area contributed by atoms with Crippen molar-refractivity contribution in [2.45, 2.75) is 25.5 Å². The van der Waals surface area contributed by atoms with E-state index in [1.807, 2.05) is 30.3 Å². The van der Waals surface area contributed by atoms with Crippen molar-refractivity contribution in [3.63, 3.8) is 0 Å². The monoisotopic (exact) mass is 289 g/mol. The molecule has 3 atom stereocenters. The van der Waals surface area contributed by atoms with Gasteiger partial charge in [-0.15, -0.1) is 6.58 Å². The van der Waals surface area contributed by atoms with Crippen molar-refractivity contribution in [3.8, 4) is 0 Å². The van der Waals surface area contributed by atoms with Crippen LogP contribution in [0.25, 0.3) is 0 Å². The number of rotatable bonds is 5. The van der Waals surface area contributed by atoms with E-state index in [0.29, 0.717) is 6.42 Å². The smallest absolute Gasteiger partial charge is 0.417 e. The lowest BCUT2D eigenvalue weighted by molar-refractivity contribution is -0.134. The van der Waals surface area contributed by atoms with E-state index < -0.39 is 24.0 Å². The summed E-state index contributed by atoms with van der Waals surface area (Å²) >= 11 is 0. The van der Waals surface area contributed by atoms with E-state index in [0.717, 1.165) is 10.5 Å². The summed E-state index contributed by atoms with van der Waals surface area (Å²) in [6.07, 6.45) is 0.328. The first-order valence-corrected chi connectivity index (χ1v) is 6.89. The van der Waals surface area contributed by atoms with Crippen LogP contribution in [0.5, 0.6) is 0 Å². The highest BCUT2D eigenvalue weighted by Gasteiger charge is 2.41. The summed E-state index contributed by atoms with van der Waals surface area (Å²) in [4.78, 5) is 25.4. The quantitative estimate of drug-likeness (QED) is 0.839. The third-order valence-electron chi connectivity index (χ3n) is 3.57. The molecule has 5 nitrogen and oxygen atoms in total. The maximum Gasteiger partial charge on any atom is 0.417 e. The third kappa shape index (κ3) is 3.31. The van der Waals surface area contributed by atoms with Crippen LogP contribution < -0.4 is 0 Å². The van der Waals surface area contributed by atoms with Crippen LogP contribution in [0, 0.1) is 5.92 Å². The average molecular weight is 289 g/mol. The Morgan fingerprint density at radius 3 is 2.76 bits per heavy atom. The van der Waals surface area contributed by atoms with Crippen molar-refractivity contribution in [1.82, 2.24) is 4.90 Å². The summed E-state index contributed by atoms with van der Waals surface area (Å²) in [6, 6.07) is 9.23. The molecule has 0 radical (unpaired) electrons. The van der Waals surface area contributed by atoms with E-state index in [-0.39, 0.29) is 12.6 Å². The van der Waals surface area contributed by atoms with Crippen molar-refractivity contribution in [3.05, 3.63) is 48.6 Å². The Bertz CT molecular complexity index is 526. The maximum absolute atomic E-state index is 12.4. The number of ether oxygens (including phenoxy) is 1. The maximum atomic E-state index is 12.4. The van der Waals surface area contributed by atoms with E-state index in [4.69, 9.17) is 4.74 Å². The molecule has 21 heavy (non-hydrogen) atoms. The number of carbonyl (C=O) groups excluding carboxylic acids is 2. The minimum atomic E-state index is -0.902. The number of amides is 2. The van der Waals surface area contributed by atoms with Gasteiger partial charge in [0.2, 0.25) is 5.91 Å². The van der Waals surface area contributed by atoms with E-state index >= 15 is 0 Å². The molecule has 1 aliphatic rings. The summed E-state index contributed by atoms with van der Waals surface area (Å²) in [5.74, 6) is -1.28. The Hall–Kier alpha value is -2.14. The molecular weight excluding hydrogens is 270 g/mol. The lowest BCUT2D eigenvalue weighted by atomic mass is 10.00. The molecule has 1 saturated heterocycles. The molecule has 0 aliphatic carbocycles. The summed E-state index contributed by atoms with van der Waals surface area (Å²) in [6.45, 7) is 5.22. The van der Waals surface area contributed by atoms with Crippen LogP contribution in [0.15, 0.2) is 43.0 Å². The Balaban J connectivity index is 2.17. The zero-order chi connectivity index (χ0) is 15.4. The minimum Gasteiger partial charge on any atom is -0.447 e. The average Bonchev–Trinajstić information content (AvgIpc) is 2.81. The molecule has 1 aromatic rings. The fourth-order valence-electron chi connectivity index (χ4n) is 2.43. The van der Waals surface area contributed by atoms with Gasteiger partial charge in [-0.2, -0.15) is 0 Å². The fourth-order valence-corrected chi connectivity index (χ4v) is 2.43. The molecule has 5 heteroatoms. The summed E-state index contributed by atoms with van der Waals surface area (Å²) in [7, 11) is 0. The van der Waals surface area contributed by atoms with Crippen LogP contribution in [-0.4, -0.2) is 40.8 Å². The van der Waals surface area contributed by atoms with Gasteiger partial charge in [-0.25, -0.2) is 9.69 Å². The predicted octanol–water partition coefficient (Wildman–Crippen LogP) is 1.76. The van der Waals surface area contributed by atoms with Gasteiger partial charge in [-0.05, 0) is 18.9 Å². The summed E-state index contributed by atoms with van der Waals surface area (Å²) in [5.41, 5.74) is 1.02. The van der Waals surface area contributed by atoms with Crippen LogP contribution in [0.1, 0.15) is 12.5 Å². The molecule has 0 bridgehead atoms. The highest BCUT2D eigenvalue weighted by molar-refractivity contribution is 5.95. The van der Waals surface area contributed by atoms with Gasteiger partial charge in [0.05, 0.1) is 18.1 Å². The third-order valence-corrected chi connectivity index (χ3v) is 3.57. The lowest BCUT2D eigenvalue weighted by Gasteiger charge is -2.24. The van der Waals surface area contributed by atoms with Crippen molar-refractivity contribution < 1.29 is 19.4 Å². The van der Waals surface area contributed by atoms with Crippen molar-refractivity contribution in [2.24, 2.45) is 5.92 Å². The molecule has 1 N–H and O–H groups in total. The number of nitrogens with zero attached hydrogens (tertiary/aromatic N) is 1. The molecule has 1 aromatic carbocycles. The second kappa shape index (κ2) is 6.54. The normalized spacial score (nSPS) is 20.8. The van der Waals surface area contributed by atoms with Gasteiger partial charge >= 0.3 is 6.09 Å². The largest absolute Gasteiger partial charge is 0.447 e. The number of carbonyl (C=O) groups is 2. The van der Waals surface area contributed by atoms with Crippen LogP contribution in [0.3, 0.4) is 0 Å². The van der Waals surface area contributed by atoms with Gasteiger partial charge in [0.25, 0.3) is 0 Å². The topological polar surface area (TPSA) is 66.8 Å². The first-order valence-electron chi connectivity index (χ1n) is 6.89. The number of imide groups is 1. The number of cyclic esters (lactones) is 1. The Morgan fingerprint density at radius 2 is 2.19 bits per heavy atom. The van der Waals surface area contributed by atoms with E-state index in [2.05, 4.69) is 6.58 Å². The zero-order valence-electron chi connectivity index (χ0n) is 11.9. The molecule has 2 amide bonds. The highest BCUT2D eigenvalue weighted by atomic mass is 16.6. The van der Waals surface area contributed by atoms with E-state index in [9.17, 15) is 14.7 Å². The van der Waals surface area contributed by atoms with Crippen LogP contribution in [-0.2, 0) is 16.0 Å². The molecule has 1 fully saturated rings. The molecule has 1 aliphatic heterocycles. The second-order valence-electron chi connectivity index (χ2n) is 5.13. The van der Waals surface area contributed by atoms with Crippen molar-refractivity contribution >= 4 is 12.0 Å². The summed E-state index contributed by atoms with van der Waals surface area (Å²) < 4.78 is 5.00. The first-order chi connectivity index (χ1) is 10.0. The highest BCUT2D eigenvalue weighted by Crippen LogP contribution is 2.21. The Labute approximate surface area is 123 Å². The van der Waals surface area contributed by atoms with Crippen LogP contribution in [0.4, 0.5) is 4.79 Å². The Kier molecular flexibility index (Phi) is 4.75. The zero-order valence-corrected chi connectivity index (χ0v) is 11.9. The van der Waals surface area contributed by atoms with Gasteiger partial charge < -0.3 is 9.84 Å². The van der Waals surface area contributed by atoms with Crippen molar-refractivity contribution in [2.75, 3.05) is 6.61 Å². The summed E-state index contributed by atoms with van der Waals surface area (Å²) in [5, 5.41) is 9.63. The minimum absolute atomic E-state index is 0.170. The Morgan fingerprint density at radius 1 is 1.52 bits per heavy atom. The van der Waals surface area contributed by atoms with Crippen LogP contribution in [0.2, 0.25) is 0 Å².